The Bertz CT molecular complexity index is 370. The normalized spacial score (nSPS) is 11.2. The number of nitro groups is 1. The van der Waals surface area contributed by atoms with Gasteiger partial charge in [-0.05, 0) is 17.7 Å². The predicted octanol–water partition coefficient (Wildman–Crippen LogP) is 1.31. The molecule has 1 aromatic rings. The monoisotopic (exact) mass is 209 g/mol. The quantitative estimate of drug-likeness (QED) is 0.599. The summed E-state index contributed by atoms with van der Waals surface area (Å²) in [4.78, 5) is 9.80. The maximum absolute atomic E-state index is 10.4. The minimum absolute atomic E-state index is 0.236. The molecule has 0 aliphatic rings. The highest BCUT2D eigenvalue weighted by atomic mass is 16.6. The SMILES string of the molecule is COc1ccc(/C=C(\CO)[N+](=O)[O-])cc1. The van der Waals surface area contributed by atoms with Gasteiger partial charge in [-0.3, -0.25) is 10.1 Å². The molecule has 0 saturated heterocycles. The van der Waals surface area contributed by atoms with Crippen LogP contribution >= 0.6 is 0 Å². The van der Waals surface area contributed by atoms with Crippen LogP contribution in [0.5, 0.6) is 5.75 Å². The van der Waals surface area contributed by atoms with Crippen molar-refractivity contribution in [1.29, 1.82) is 0 Å². The molecule has 5 heteroatoms. The minimum atomic E-state index is -0.607. The van der Waals surface area contributed by atoms with Gasteiger partial charge in [0, 0.05) is 6.08 Å². The van der Waals surface area contributed by atoms with Crippen LogP contribution in [0, 0.1) is 10.1 Å². The van der Waals surface area contributed by atoms with Crippen LogP contribution in [0.25, 0.3) is 6.08 Å². The molecule has 80 valence electrons. The second-order valence-electron chi connectivity index (χ2n) is 2.82. The Balaban J connectivity index is 2.92. The lowest BCUT2D eigenvalue weighted by atomic mass is 10.2. The zero-order chi connectivity index (χ0) is 11.3. The molecular formula is C10H11NO4. The fraction of sp³-hybridized carbons (Fsp3) is 0.200. The minimum Gasteiger partial charge on any atom is -0.497 e. The van der Waals surface area contributed by atoms with Crippen LogP contribution in [0.1, 0.15) is 5.56 Å². The van der Waals surface area contributed by atoms with E-state index < -0.39 is 11.5 Å². The topological polar surface area (TPSA) is 72.6 Å². The molecule has 0 aliphatic carbocycles. The van der Waals surface area contributed by atoms with Gasteiger partial charge < -0.3 is 9.84 Å². The van der Waals surface area contributed by atoms with Gasteiger partial charge in [-0.15, -0.1) is 0 Å². The van der Waals surface area contributed by atoms with Gasteiger partial charge in [0.15, 0.2) is 0 Å². The zero-order valence-electron chi connectivity index (χ0n) is 8.21. The molecule has 1 rings (SSSR count). The van der Waals surface area contributed by atoms with Crippen LogP contribution in [0.4, 0.5) is 0 Å². The van der Waals surface area contributed by atoms with E-state index in [1.165, 1.54) is 6.08 Å². The first-order valence-electron chi connectivity index (χ1n) is 4.27. The molecule has 1 N–H and O–H groups in total. The Morgan fingerprint density at radius 1 is 1.53 bits per heavy atom. The number of methoxy groups -OCH3 is 1. The van der Waals surface area contributed by atoms with Gasteiger partial charge in [0.2, 0.25) is 0 Å². The van der Waals surface area contributed by atoms with Crippen LogP contribution in [-0.4, -0.2) is 23.7 Å². The summed E-state index contributed by atoms with van der Waals surface area (Å²) in [6.45, 7) is -0.584. The highest BCUT2D eigenvalue weighted by molar-refractivity contribution is 5.52. The Kier molecular flexibility index (Phi) is 3.82. The Hall–Kier alpha value is -1.88. The van der Waals surface area contributed by atoms with Crippen LogP contribution in [0.15, 0.2) is 30.0 Å². The number of nitrogens with zero attached hydrogens (tertiary/aromatic N) is 1. The molecule has 0 saturated carbocycles. The van der Waals surface area contributed by atoms with Gasteiger partial charge in [0.25, 0.3) is 5.70 Å². The number of hydrogen-bond acceptors (Lipinski definition) is 4. The number of aliphatic hydroxyl groups excluding tert-OH is 1. The van der Waals surface area contributed by atoms with E-state index in [1.54, 1.807) is 31.4 Å². The first-order chi connectivity index (χ1) is 7.17. The van der Waals surface area contributed by atoms with Crippen molar-refractivity contribution in [3.05, 3.63) is 45.6 Å². The molecule has 0 heterocycles. The maximum atomic E-state index is 10.4. The van der Waals surface area contributed by atoms with Crippen molar-refractivity contribution in [3.63, 3.8) is 0 Å². The summed E-state index contributed by atoms with van der Waals surface area (Å²) in [6, 6.07) is 6.75. The molecule has 0 aliphatic heterocycles. The van der Waals surface area contributed by atoms with Crippen molar-refractivity contribution in [2.75, 3.05) is 13.7 Å². The van der Waals surface area contributed by atoms with E-state index >= 15 is 0 Å². The Labute approximate surface area is 86.8 Å². The highest BCUT2D eigenvalue weighted by Crippen LogP contribution is 2.13. The van der Waals surface area contributed by atoms with E-state index in [9.17, 15) is 10.1 Å². The van der Waals surface area contributed by atoms with E-state index in [0.29, 0.717) is 11.3 Å². The van der Waals surface area contributed by atoms with Gasteiger partial charge in [0.05, 0.1) is 12.0 Å². The number of rotatable bonds is 4. The second-order valence-corrected chi connectivity index (χ2v) is 2.82. The summed E-state index contributed by atoms with van der Waals surface area (Å²) >= 11 is 0. The van der Waals surface area contributed by atoms with Crippen molar-refractivity contribution in [3.8, 4) is 5.75 Å². The van der Waals surface area contributed by atoms with Gasteiger partial charge in [-0.25, -0.2) is 0 Å². The van der Waals surface area contributed by atoms with Crippen LogP contribution in [0.3, 0.4) is 0 Å². The van der Waals surface area contributed by atoms with Gasteiger partial charge in [0.1, 0.15) is 12.4 Å². The van der Waals surface area contributed by atoms with Crippen LogP contribution in [-0.2, 0) is 0 Å². The lowest BCUT2D eigenvalue weighted by Gasteiger charge is -1.99. The van der Waals surface area contributed by atoms with Gasteiger partial charge >= 0.3 is 0 Å². The average Bonchev–Trinajstić information content (AvgIpc) is 2.26. The zero-order valence-corrected chi connectivity index (χ0v) is 8.21. The summed E-state index contributed by atoms with van der Waals surface area (Å²) in [6.07, 6.45) is 1.32. The van der Waals surface area contributed by atoms with E-state index in [2.05, 4.69) is 0 Å². The van der Waals surface area contributed by atoms with E-state index in [4.69, 9.17) is 9.84 Å². The summed E-state index contributed by atoms with van der Waals surface area (Å²) in [5.41, 5.74) is 0.414. The molecule has 5 nitrogen and oxygen atoms in total. The molecular weight excluding hydrogens is 198 g/mol. The van der Waals surface area contributed by atoms with E-state index in [0.717, 1.165) is 0 Å². The Morgan fingerprint density at radius 2 is 2.13 bits per heavy atom. The summed E-state index contributed by atoms with van der Waals surface area (Å²) in [5, 5.41) is 19.1. The summed E-state index contributed by atoms with van der Waals surface area (Å²) in [5.74, 6) is 0.679. The number of benzene rings is 1. The molecule has 0 fully saturated rings. The number of hydrogen-bond donors (Lipinski definition) is 1. The third-order valence-corrected chi connectivity index (χ3v) is 1.85. The van der Waals surface area contributed by atoms with Gasteiger partial charge in [-0.2, -0.15) is 0 Å². The van der Waals surface area contributed by atoms with Crippen molar-refractivity contribution < 1.29 is 14.8 Å². The second kappa shape index (κ2) is 5.11. The third kappa shape index (κ3) is 3.07. The van der Waals surface area contributed by atoms with Crippen molar-refractivity contribution in [1.82, 2.24) is 0 Å². The van der Waals surface area contributed by atoms with Gasteiger partial charge in [-0.1, -0.05) is 12.1 Å². The lowest BCUT2D eigenvalue weighted by molar-refractivity contribution is -0.428. The average molecular weight is 209 g/mol. The number of ether oxygens (including phenoxy) is 1. The first-order valence-corrected chi connectivity index (χ1v) is 4.27. The summed E-state index contributed by atoms with van der Waals surface area (Å²) < 4.78 is 4.94. The van der Waals surface area contributed by atoms with Crippen LogP contribution < -0.4 is 4.74 Å². The smallest absolute Gasteiger partial charge is 0.271 e. The molecule has 0 bridgehead atoms. The molecule has 1 aromatic carbocycles. The molecule has 0 radical (unpaired) electrons. The molecule has 0 unspecified atom stereocenters. The summed E-state index contributed by atoms with van der Waals surface area (Å²) in [7, 11) is 1.54. The molecule has 15 heavy (non-hydrogen) atoms. The Morgan fingerprint density at radius 3 is 2.53 bits per heavy atom. The molecule has 0 atom stereocenters. The molecule has 0 amide bonds. The van der Waals surface area contributed by atoms with Crippen molar-refractivity contribution in [2.45, 2.75) is 0 Å². The van der Waals surface area contributed by atoms with Crippen molar-refractivity contribution >= 4 is 6.08 Å². The largest absolute Gasteiger partial charge is 0.497 e. The lowest BCUT2D eigenvalue weighted by Crippen LogP contribution is -2.02. The molecule has 0 aromatic heterocycles. The first kappa shape index (κ1) is 11.2. The molecule has 0 spiro atoms. The fourth-order valence-electron chi connectivity index (χ4n) is 1.05. The number of aliphatic hydroxyl groups is 1. The van der Waals surface area contributed by atoms with E-state index in [-0.39, 0.29) is 5.70 Å². The highest BCUT2D eigenvalue weighted by Gasteiger charge is 2.07. The standard InChI is InChI=1S/C10H11NO4/c1-15-10-4-2-8(3-5-10)6-9(7-12)11(13)14/h2-6,12H,7H2,1H3/b9-6+. The van der Waals surface area contributed by atoms with Crippen LogP contribution in [0.2, 0.25) is 0 Å². The predicted molar refractivity (Wildman–Crippen MR) is 55.1 cm³/mol. The third-order valence-electron chi connectivity index (χ3n) is 1.85. The van der Waals surface area contributed by atoms with Crippen molar-refractivity contribution in [2.24, 2.45) is 0 Å². The van der Waals surface area contributed by atoms with E-state index in [1.807, 2.05) is 0 Å². The maximum Gasteiger partial charge on any atom is 0.271 e. The fourth-order valence-corrected chi connectivity index (χ4v) is 1.05.